The maximum absolute atomic E-state index is 14.2. The number of nitrogens with one attached hydrogen (secondary N) is 1. The number of alkyl carbamates (subject to hydrolysis) is 1. The highest BCUT2D eigenvalue weighted by Gasteiger charge is 2.53. The zero-order valence-electron chi connectivity index (χ0n) is 9.95. The molecule has 1 aromatic rings. The van der Waals surface area contributed by atoms with E-state index in [1.54, 1.807) is 0 Å². The number of alkyl halides is 4. The minimum absolute atomic E-state index is 0.189. The standard InChI is InChI=1S/C12H10F4INO2/c13-7-4-2-1-3-6(7)9-8(14)10(12(15,16)5-17)20-11(19)18-9/h1-4,8-10H,5H2,(H,18,19). The maximum Gasteiger partial charge on any atom is 0.408 e. The Morgan fingerprint density at radius 1 is 1.35 bits per heavy atom. The highest BCUT2D eigenvalue weighted by atomic mass is 127. The first-order valence-electron chi connectivity index (χ1n) is 5.66. The quantitative estimate of drug-likeness (QED) is 0.478. The van der Waals surface area contributed by atoms with E-state index in [1.165, 1.54) is 40.8 Å². The average molecular weight is 403 g/mol. The van der Waals surface area contributed by atoms with Crippen LogP contribution in [-0.2, 0) is 4.74 Å². The third-order valence-electron chi connectivity index (χ3n) is 2.95. The molecular formula is C12H10F4INO2. The highest BCUT2D eigenvalue weighted by molar-refractivity contribution is 14.1. The SMILES string of the molecule is O=C1NC(c2ccccc2F)C(F)C(C(F)(F)CI)O1. The number of rotatable bonds is 3. The van der Waals surface area contributed by atoms with Gasteiger partial charge in [0.2, 0.25) is 6.10 Å². The second kappa shape index (κ2) is 5.74. The van der Waals surface area contributed by atoms with E-state index in [-0.39, 0.29) is 5.56 Å². The zero-order chi connectivity index (χ0) is 14.9. The Balaban J connectivity index is 2.35. The van der Waals surface area contributed by atoms with Gasteiger partial charge in [0, 0.05) is 5.56 Å². The Kier molecular flexibility index (Phi) is 4.40. The Hall–Kier alpha value is -1.06. The number of halogens is 5. The zero-order valence-corrected chi connectivity index (χ0v) is 12.1. The normalized spacial score (nSPS) is 26.9. The molecule has 1 aliphatic heterocycles. The summed E-state index contributed by atoms with van der Waals surface area (Å²) in [4.78, 5) is 11.3. The Bertz CT molecular complexity index is 514. The van der Waals surface area contributed by atoms with Gasteiger partial charge in [-0.2, -0.15) is 0 Å². The van der Waals surface area contributed by atoms with Gasteiger partial charge in [0.25, 0.3) is 5.92 Å². The van der Waals surface area contributed by atoms with Crippen molar-refractivity contribution in [1.82, 2.24) is 5.32 Å². The van der Waals surface area contributed by atoms with Crippen molar-refractivity contribution in [1.29, 1.82) is 0 Å². The van der Waals surface area contributed by atoms with Gasteiger partial charge in [0.05, 0.1) is 10.5 Å². The second-order valence-corrected chi connectivity index (χ2v) is 5.07. The molecule has 2 rings (SSSR count). The van der Waals surface area contributed by atoms with Crippen molar-refractivity contribution in [3.05, 3.63) is 35.6 Å². The van der Waals surface area contributed by atoms with Crippen molar-refractivity contribution in [2.45, 2.75) is 24.2 Å². The lowest BCUT2D eigenvalue weighted by Crippen LogP contribution is -2.56. The molecule has 8 heteroatoms. The van der Waals surface area contributed by atoms with E-state index >= 15 is 0 Å². The summed E-state index contributed by atoms with van der Waals surface area (Å²) in [5.41, 5.74) is -0.189. The lowest BCUT2D eigenvalue weighted by Gasteiger charge is -2.37. The van der Waals surface area contributed by atoms with Crippen LogP contribution >= 0.6 is 22.6 Å². The summed E-state index contributed by atoms with van der Waals surface area (Å²) in [6.45, 7) is 0. The molecule has 0 saturated carbocycles. The van der Waals surface area contributed by atoms with Gasteiger partial charge in [0.15, 0.2) is 6.17 Å². The molecule has 0 radical (unpaired) electrons. The molecule has 1 N–H and O–H groups in total. The first-order chi connectivity index (χ1) is 9.36. The van der Waals surface area contributed by atoms with E-state index in [4.69, 9.17) is 0 Å². The predicted molar refractivity (Wildman–Crippen MR) is 71.3 cm³/mol. The van der Waals surface area contributed by atoms with Gasteiger partial charge in [-0.3, -0.25) is 0 Å². The van der Waals surface area contributed by atoms with Crippen LogP contribution in [0.5, 0.6) is 0 Å². The summed E-state index contributed by atoms with van der Waals surface area (Å²) in [7, 11) is 0. The lowest BCUT2D eigenvalue weighted by molar-refractivity contribution is -0.139. The number of cyclic esters (lactones) is 1. The van der Waals surface area contributed by atoms with E-state index in [2.05, 4.69) is 4.74 Å². The third-order valence-corrected chi connectivity index (χ3v) is 3.97. The minimum Gasteiger partial charge on any atom is -0.437 e. The van der Waals surface area contributed by atoms with E-state index in [9.17, 15) is 22.4 Å². The Labute approximate surface area is 125 Å². The number of hydrogen-bond donors (Lipinski definition) is 1. The summed E-state index contributed by atoms with van der Waals surface area (Å²) in [5, 5.41) is 2.04. The van der Waals surface area contributed by atoms with Crippen molar-refractivity contribution in [2.75, 3.05) is 4.43 Å². The lowest BCUT2D eigenvalue weighted by atomic mass is 9.94. The molecule has 1 saturated heterocycles. The minimum atomic E-state index is -3.53. The molecule has 20 heavy (non-hydrogen) atoms. The van der Waals surface area contributed by atoms with Crippen molar-refractivity contribution >= 4 is 28.7 Å². The number of carbonyl (C=O) groups excluding carboxylic acids is 1. The Morgan fingerprint density at radius 3 is 2.60 bits per heavy atom. The predicted octanol–water partition coefficient (Wildman–Crippen LogP) is 3.38. The molecule has 110 valence electrons. The molecule has 1 fully saturated rings. The van der Waals surface area contributed by atoms with Gasteiger partial charge in [-0.15, -0.1) is 0 Å². The molecular weight excluding hydrogens is 393 g/mol. The summed E-state index contributed by atoms with van der Waals surface area (Å²) >= 11 is 1.38. The molecule has 0 spiro atoms. The fraction of sp³-hybridized carbons (Fsp3) is 0.417. The second-order valence-electron chi connectivity index (χ2n) is 4.31. The van der Waals surface area contributed by atoms with E-state index < -0.39 is 40.6 Å². The van der Waals surface area contributed by atoms with Crippen molar-refractivity contribution in [3.8, 4) is 0 Å². The smallest absolute Gasteiger partial charge is 0.408 e. The monoisotopic (exact) mass is 403 g/mol. The van der Waals surface area contributed by atoms with Gasteiger partial charge in [0.1, 0.15) is 5.82 Å². The van der Waals surface area contributed by atoms with Crippen molar-refractivity contribution in [3.63, 3.8) is 0 Å². The van der Waals surface area contributed by atoms with Gasteiger partial charge in [-0.1, -0.05) is 40.8 Å². The first kappa shape index (κ1) is 15.3. The Morgan fingerprint density at radius 2 is 2.00 bits per heavy atom. The van der Waals surface area contributed by atoms with E-state index in [0.29, 0.717) is 0 Å². The molecule has 0 aliphatic carbocycles. The molecule has 3 unspecified atom stereocenters. The maximum atomic E-state index is 14.2. The summed E-state index contributed by atoms with van der Waals surface area (Å²) < 4.78 is 58.7. The van der Waals surface area contributed by atoms with Gasteiger partial charge >= 0.3 is 6.09 Å². The van der Waals surface area contributed by atoms with Crippen LogP contribution in [-0.4, -0.2) is 28.7 Å². The molecule has 1 aliphatic rings. The largest absolute Gasteiger partial charge is 0.437 e. The van der Waals surface area contributed by atoms with E-state index in [1.807, 2.05) is 5.32 Å². The topological polar surface area (TPSA) is 38.3 Å². The number of hydrogen-bond acceptors (Lipinski definition) is 2. The van der Waals surface area contributed by atoms with Gasteiger partial charge in [-0.25, -0.2) is 22.4 Å². The van der Waals surface area contributed by atoms with Crippen LogP contribution in [0.3, 0.4) is 0 Å². The summed E-state index contributed by atoms with van der Waals surface area (Å²) in [5.74, 6) is -4.31. The summed E-state index contributed by atoms with van der Waals surface area (Å²) in [6, 6.07) is 3.60. The van der Waals surface area contributed by atoms with Crippen LogP contribution in [0.2, 0.25) is 0 Å². The van der Waals surface area contributed by atoms with Crippen LogP contribution < -0.4 is 5.32 Å². The highest BCUT2D eigenvalue weighted by Crippen LogP contribution is 2.36. The molecule has 0 bridgehead atoms. The van der Waals surface area contributed by atoms with Crippen molar-refractivity contribution in [2.24, 2.45) is 0 Å². The average Bonchev–Trinajstić information content (AvgIpc) is 2.41. The van der Waals surface area contributed by atoms with Crippen LogP contribution in [0.25, 0.3) is 0 Å². The molecule has 1 heterocycles. The molecule has 1 amide bonds. The fourth-order valence-electron chi connectivity index (χ4n) is 1.97. The first-order valence-corrected chi connectivity index (χ1v) is 7.19. The third kappa shape index (κ3) is 2.84. The van der Waals surface area contributed by atoms with Crippen LogP contribution in [0, 0.1) is 5.82 Å². The molecule has 3 nitrogen and oxygen atoms in total. The molecule has 3 atom stereocenters. The van der Waals surface area contributed by atoms with Gasteiger partial charge < -0.3 is 10.1 Å². The number of ether oxygens (including phenoxy) is 1. The van der Waals surface area contributed by atoms with Crippen molar-refractivity contribution < 1.29 is 27.1 Å². The number of amides is 1. The number of carbonyl (C=O) groups is 1. The van der Waals surface area contributed by atoms with Crippen LogP contribution in [0.4, 0.5) is 22.4 Å². The molecule has 1 aromatic carbocycles. The van der Waals surface area contributed by atoms with Crippen LogP contribution in [0.1, 0.15) is 11.6 Å². The van der Waals surface area contributed by atoms with Crippen LogP contribution in [0.15, 0.2) is 24.3 Å². The number of benzene rings is 1. The molecule has 0 aromatic heterocycles. The summed E-state index contributed by atoms with van der Waals surface area (Å²) in [6.07, 6.45) is -5.69. The fourth-order valence-corrected chi connectivity index (χ4v) is 2.40. The van der Waals surface area contributed by atoms with Gasteiger partial charge in [-0.05, 0) is 6.07 Å². The van der Waals surface area contributed by atoms with E-state index in [0.717, 1.165) is 6.07 Å².